The number of allylic oxidation sites excluding steroid dienone is 1. The standard InChI is InChI=1S/C29H31BrN2O5S/c1-3-8-22-15-21(16-24(36-4-2)27(22)37-19-20-9-11-23(30)12-10-20)17-25-28(34)32(29(35)38-25)18-26(33)31-13-6-5-7-14-31/h3,9-12,15-17H,1,4-8,13-14,18-19H2,2H3/b25-17-. The van der Waals surface area contributed by atoms with E-state index in [-0.39, 0.29) is 17.4 Å². The molecule has 3 amide bonds. The van der Waals surface area contributed by atoms with Crippen LogP contribution < -0.4 is 9.47 Å². The van der Waals surface area contributed by atoms with Crippen molar-refractivity contribution in [3.05, 3.63) is 75.1 Å². The van der Waals surface area contributed by atoms with Gasteiger partial charge in [-0.05, 0) is 85.8 Å². The van der Waals surface area contributed by atoms with E-state index in [0.29, 0.717) is 49.8 Å². The van der Waals surface area contributed by atoms with E-state index in [9.17, 15) is 14.4 Å². The first kappa shape index (κ1) is 28.0. The number of benzene rings is 2. The van der Waals surface area contributed by atoms with Crippen LogP contribution in [0.5, 0.6) is 11.5 Å². The van der Waals surface area contributed by atoms with Gasteiger partial charge in [0.25, 0.3) is 11.1 Å². The molecule has 0 unspecified atom stereocenters. The lowest BCUT2D eigenvalue weighted by atomic mass is 10.0. The molecule has 0 atom stereocenters. The molecule has 2 saturated heterocycles. The third-order valence-electron chi connectivity index (χ3n) is 6.29. The molecular weight excluding hydrogens is 568 g/mol. The number of likely N-dealkylation sites (tertiary alicyclic amines) is 1. The van der Waals surface area contributed by atoms with Gasteiger partial charge in [0, 0.05) is 23.1 Å². The molecule has 0 bridgehead atoms. The molecule has 2 aromatic carbocycles. The maximum Gasteiger partial charge on any atom is 0.294 e. The second-order valence-corrected chi connectivity index (χ2v) is 11.0. The molecule has 2 heterocycles. The number of piperidine rings is 1. The van der Waals surface area contributed by atoms with E-state index in [2.05, 4.69) is 22.5 Å². The number of imide groups is 1. The highest BCUT2D eigenvalue weighted by Crippen LogP contribution is 2.38. The number of hydrogen-bond acceptors (Lipinski definition) is 6. The van der Waals surface area contributed by atoms with Crippen molar-refractivity contribution in [2.24, 2.45) is 0 Å². The molecule has 0 spiro atoms. The maximum absolute atomic E-state index is 13.1. The summed E-state index contributed by atoms with van der Waals surface area (Å²) in [6.45, 7) is 7.68. The van der Waals surface area contributed by atoms with Gasteiger partial charge in [-0.15, -0.1) is 6.58 Å². The van der Waals surface area contributed by atoms with Gasteiger partial charge in [0.15, 0.2) is 11.5 Å². The van der Waals surface area contributed by atoms with Gasteiger partial charge in [0.2, 0.25) is 5.91 Å². The van der Waals surface area contributed by atoms with Crippen molar-refractivity contribution in [1.82, 2.24) is 9.80 Å². The molecule has 0 aliphatic carbocycles. The van der Waals surface area contributed by atoms with Gasteiger partial charge in [-0.2, -0.15) is 0 Å². The van der Waals surface area contributed by atoms with E-state index in [1.165, 1.54) is 0 Å². The molecule has 9 heteroatoms. The van der Waals surface area contributed by atoms with E-state index >= 15 is 0 Å². The van der Waals surface area contributed by atoms with Crippen molar-refractivity contribution >= 4 is 50.8 Å². The quantitative estimate of drug-likeness (QED) is 0.239. The van der Waals surface area contributed by atoms with E-state index < -0.39 is 11.1 Å². The summed E-state index contributed by atoms with van der Waals surface area (Å²) in [5.74, 6) is 0.526. The Morgan fingerprint density at radius 1 is 1.11 bits per heavy atom. The number of amides is 3. The number of carbonyl (C=O) groups excluding carboxylic acids is 3. The van der Waals surface area contributed by atoms with Crippen molar-refractivity contribution in [1.29, 1.82) is 0 Å². The van der Waals surface area contributed by atoms with Crippen LogP contribution in [-0.4, -0.2) is 53.1 Å². The van der Waals surface area contributed by atoms with Gasteiger partial charge in [-0.1, -0.05) is 34.1 Å². The average molecular weight is 600 g/mol. The van der Waals surface area contributed by atoms with Gasteiger partial charge in [-0.25, -0.2) is 0 Å². The number of rotatable bonds is 10. The number of thioether (sulfide) groups is 1. The van der Waals surface area contributed by atoms with E-state index in [1.807, 2.05) is 37.3 Å². The molecule has 0 aromatic heterocycles. The molecule has 2 aliphatic rings. The van der Waals surface area contributed by atoms with Crippen LogP contribution in [-0.2, 0) is 22.6 Å². The Labute approximate surface area is 236 Å². The zero-order chi connectivity index (χ0) is 27.1. The second-order valence-electron chi connectivity index (χ2n) is 9.06. The van der Waals surface area contributed by atoms with Crippen LogP contribution in [0.1, 0.15) is 42.9 Å². The third-order valence-corrected chi connectivity index (χ3v) is 7.72. The van der Waals surface area contributed by atoms with Crippen LogP contribution in [0, 0.1) is 0 Å². The fourth-order valence-electron chi connectivity index (χ4n) is 4.40. The molecule has 38 heavy (non-hydrogen) atoms. The van der Waals surface area contributed by atoms with Crippen LogP contribution in [0.4, 0.5) is 4.79 Å². The highest BCUT2D eigenvalue weighted by atomic mass is 79.9. The minimum atomic E-state index is -0.454. The van der Waals surface area contributed by atoms with Crippen molar-refractivity contribution in [3.63, 3.8) is 0 Å². The summed E-state index contributed by atoms with van der Waals surface area (Å²) < 4.78 is 13.1. The molecular formula is C29H31BrN2O5S. The number of halogens is 1. The van der Waals surface area contributed by atoms with Crippen molar-refractivity contribution in [3.8, 4) is 11.5 Å². The fourth-order valence-corrected chi connectivity index (χ4v) is 5.51. The Morgan fingerprint density at radius 3 is 2.53 bits per heavy atom. The van der Waals surface area contributed by atoms with Crippen molar-refractivity contribution in [2.75, 3.05) is 26.2 Å². The molecule has 2 aliphatic heterocycles. The summed E-state index contributed by atoms with van der Waals surface area (Å²) in [5.41, 5.74) is 2.57. The first-order valence-electron chi connectivity index (χ1n) is 12.7. The SMILES string of the molecule is C=CCc1cc(/C=C2\SC(=O)N(CC(=O)N3CCCCC3)C2=O)cc(OCC)c1OCc1ccc(Br)cc1. The Morgan fingerprint density at radius 2 is 1.84 bits per heavy atom. The molecule has 4 rings (SSSR count). The highest BCUT2D eigenvalue weighted by Gasteiger charge is 2.37. The average Bonchev–Trinajstić information content (AvgIpc) is 3.17. The van der Waals surface area contributed by atoms with E-state index in [0.717, 1.165) is 51.5 Å². The second kappa shape index (κ2) is 13.2. The minimum Gasteiger partial charge on any atom is -0.490 e. The number of nitrogens with zero attached hydrogens (tertiary/aromatic N) is 2. The highest BCUT2D eigenvalue weighted by molar-refractivity contribution is 9.10. The topological polar surface area (TPSA) is 76.2 Å². The number of ether oxygens (including phenoxy) is 2. The summed E-state index contributed by atoms with van der Waals surface area (Å²) in [6, 6.07) is 11.6. The van der Waals surface area contributed by atoms with Crippen LogP contribution >= 0.6 is 27.7 Å². The summed E-state index contributed by atoms with van der Waals surface area (Å²) in [5, 5.41) is -0.433. The largest absolute Gasteiger partial charge is 0.490 e. The summed E-state index contributed by atoms with van der Waals surface area (Å²) >= 11 is 4.29. The lowest BCUT2D eigenvalue weighted by Gasteiger charge is -2.27. The fraction of sp³-hybridized carbons (Fsp3) is 0.345. The van der Waals surface area contributed by atoms with Gasteiger partial charge < -0.3 is 14.4 Å². The number of carbonyl (C=O) groups is 3. The van der Waals surface area contributed by atoms with Crippen LogP contribution in [0.3, 0.4) is 0 Å². The predicted octanol–water partition coefficient (Wildman–Crippen LogP) is 6.20. The van der Waals surface area contributed by atoms with Crippen molar-refractivity contribution < 1.29 is 23.9 Å². The molecule has 0 saturated carbocycles. The maximum atomic E-state index is 13.1. The van der Waals surface area contributed by atoms with Crippen molar-refractivity contribution in [2.45, 2.75) is 39.2 Å². The van der Waals surface area contributed by atoms with Crippen LogP contribution in [0.15, 0.2) is 58.4 Å². The Bertz CT molecular complexity index is 1240. The summed E-state index contributed by atoms with van der Waals surface area (Å²) in [4.78, 5) is 41.4. The normalized spacial score (nSPS) is 16.7. The van der Waals surface area contributed by atoms with Gasteiger partial charge in [0.05, 0.1) is 11.5 Å². The first-order chi connectivity index (χ1) is 18.4. The molecule has 7 nitrogen and oxygen atoms in total. The molecule has 200 valence electrons. The Kier molecular flexibility index (Phi) is 9.69. The van der Waals surface area contributed by atoms with Gasteiger partial charge in [0.1, 0.15) is 13.2 Å². The Hall–Kier alpha value is -3.04. The van der Waals surface area contributed by atoms with E-state index in [4.69, 9.17) is 9.47 Å². The predicted molar refractivity (Wildman–Crippen MR) is 153 cm³/mol. The molecule has 0 radical (unpaired) electrons. The smallest absolute Gasteiger partial charge is 0.294 e. The first-order valence-corrected chi connectivity index (χ1v) is 14.3. The lowest BCUT2D eigenvalue weighted by molar-refractivity contribution is -0.136. The van der Waals surface area contributed by atoms with Crippen LogP contribution in [0.2, 0.25) is 0 Å². The van der Waals surface area contributed by atoms with Gasteiger partial charge in [-0.3, -0.25) is 19.3 Å². The van der Waals surface area contributed by atoms with E-state index in [1.54, 1.807) is 23.1 Å². The van der Waals surface area contributed by atoms with Gasteiger partial charge >= 0.3 is 0 Å². The summed E-state index contributed by atoms with van der Waals surface area (Å²) in [7, 11) is 0. The molecule has 2 fully saturated rings. The zero-order valence-corrected chi connectivity index (χ0v) is 23.8. The third kappa shape index (κ3) is 6.88. The molecule has 2 aromatic rings. The van der Waals surface area contributed by atoms with Crippen LogP contribution in [0.25, 0.3) is 6.08 Å². The zero-order valence-electron chi connectivity index (χ0n) is 21.4. The number of hydrogen-bond donors (Lipinski definition) is 0. The Balaban J connectivity index is 1.56. The molecule has 0 N–H and O–H groups in total. The monoisotopic (exact) mass is 598 g/mol. The lowest BCUT2D eigenvalue weighted by Crippen LogP contribution is -2.44. The summed E-state index contributed by atoms with van der Waals surface area (Å²) in [6.07, 6.45) is 6.98. The minimum absolute atomic E-state index is 0.188.